The highest BCUT2D eigenvalue weighted by molar-refractivity contribution is 9.10. The first-order valence-corrected chi connectivity index (χ1v) is 3.82. The summed E-state index contributed by atoms with van der Waals surface area (Å²) in [7, 11) is 0. The fraction of sp³-hybridized carbons (Fsp3) is 0.125. The number of hydrogen-bond donors (Lipinski definition) is 0. The molecule has 0 aliphatic carbocycles. The van der Waals surface area contributed by atoms with Crippen LogP contribution in [0.25, 0.3) is 0 Å². The molecule has 3 heteroatoms. The van der Waals surface area contributed by atoms with Crippen molar-refractivity contribution in [3.8, 4) is 12.1 Å². The molecular formula is C8H5BrFN. The van der Waals surface area contributed by atoms with E-state index in [1.54, 1.807) is 6.07 Å². The van der Waals surface area contributed by atoms with Crippen LogP contribution in [0.3, 0.4) is 0 Å². The molecule has 0 N–H and O–H groups in total. The average Bonchev–Trinajstić information content (AvgIpc) is 2.01. The third kappa shape index (κ3) is 2.69. The average molecular weight is 214 g/mol. The number of pyridine rings is 1. The van der Waals surface area contributed by atoms with Crippen LogP contribution in [0.2, 0.25) is 0 Å². The van der Waals surface area contributed by atoms with E-state index in [0.29, 0.717) is 6.42 Å². The van der Waals surface area contributed by atoms with E-state index in [9.17, 15) is 4.39 Å². The van der Waals surface area contributed by atoms with Crippen molar-refractivity contribution in [1.82, 2.24) is 4.98 Å². The highest BCUT2D eigenvalue weighted by Crippen LogP contribution is 2.05. The zero-order valence-electron chi connectivity index (χ0n) is 5.64. The summed E-state index contributed by atoms with van der Waals surface area (Å²) in [5, 5.41) is 0. The van der Waals surface area contributed by atoms with Gasteiger partial charge in [-0.05, 0) is 28.1 Å². The van der Waals surface area contributed by atoms with Gasteiger partial charge in [-0.2, -0.15) is 0 Å². The van der Waals surface area contributed by atoms with E-state index in [1.165, 1.54) is 6.17 Å². The number of rotatable bonds is 1. The van der Waals surface area contributed by atoms with Crippen molar-refractivity contribution >= 4 is 15.9 Å². The van der Waals surface area contributed by atoms with E-state index < -0.39 is 0 Å². The van der Waals surface area contributed by atoms with Gasteiger partial charge in [0.1, 0.15) is 10.8 Å². The topological polar surface area (TPSA) is 12.9 Å². The van der Waals surface area contributed by atoms with Crippen LogP contribution in [-0.4, -0.2) is 4.98 Å². The Morgan fingerprint density at radius 2 is 2.36 bits per heavy atom. The van der Waals surface area contributed by atoms with E-state index in [-0.39, 0.29) is 0 Å². The summed E-state index contributed by atoms with van der Waals surface area (Å²) in [6.45, 7) is 0. The number of halogens is 2. The first-order chi connectivity index (χ1) is 5.33. The second-order valence-electron chi connectivity index (χ2n) is 1.90. The van der Waals surface area contributed by atoms with Crippen LogP contribution in [0.5, 0.6) is 0 Å². The van der Waals surface area contributed by atoms with Crippen molar-refractivity contribution in [2.45, 2.75) is 6.42 Å². The normalized spacial score (nSPS) is 8.55. The molecule has 0 bridgehead atoms. The molecule has 0 aliphatic heterocycles. The van der Waals surface area contributed by atoms with Crippen molar-refractivity contribution in [1.29, 1.82) is 0 Å². The molecule has 56 valence electrons. The van der Waals surface area contributed by atoms with Crippen LogP contribution in [0.4, 0.5) is 4.39 Å². The standard InChI is InChI=1S/C8H5BrFN/c9-8-5-1-3-7(11-8)4-2-6-10/h1,3,5H,4H2. The van der Waals surface area contributed by atoms with Crippen molar-refractivity contribution in [3.63, 3.8) is 0 Å². The fourth-order valence-corrected chi connectivity index (χ4v) is 1.05. The Labute approximate surface area is 72.8 Å². The summed E-state index contributed by atoms with van der Waals surface area (Å²) in [6.07, 6.45) is 1.69. The Morgan fingerprint density at radius 1 is 1.55 bits per heavy atom. The lowest BCUT2D eigenvalue weighted by molar-refractivity contribution is 0.771. The van der Waals surface area contributed by atoms with Crippen LogP contribution in [0.15, 0.2) is 22.8 Å². The Kier molecular flexibility index (Phi) is 3.06. The summed E-state index contributed by atoms with van der Waals surface area (Å²) in [5.41, 5.74) is 0.768. The van der Waals surface area contributed by atoms with Gasteiger partial charge in [-0.25, -0.2) is 4.98 Å². The molecule has 0 amide bonds. The van der Waals surface area contributed by atoms with Crippen LogP contribution in [0, 0.1) is 12.1 Å². The second kappa shape index (κ2) is 4.09. The molecule has 0 fully saturated rings. The molecule has 11 heavy (non-hydrogen) atoms. The quantitative estimate of drug-likeness (QED) is 0.516. The molecular weight excluding hydrogens is 209 g/mol. The van der Waals surface area contributed by atoms with E-state index >= 15 is 0 Å². The largest absolute Gasteiger partial charge is 0.245 e. The maximum absolute atomic E-state index is 11.4. The summed E-state index contributed by atoms with van der Waals surface area (Å²) < 4.78 is 12.1. The zero-order valence-corrected chi connectivity index (χ0v) is 7.23. The molecule has 1 aromatic heterocycles. The smallest absolute Gasteiger partial charge is 0.106 e. The fourth-order valence-electron chi connectivity index (χ4n) is 0.673. The Hall–Kier alpha value is -0.880. The lowest BCUT2D eigenvalue weighted by Gasteiger charge is -1.92. The molecule has 0 spiro atoms. The van der Waals surface area contributed by atoms with Gasteiger partial charge in [-0.15, -0.1) is 4.39 Å². The lowest BCUT2D eigenvalue weighted by atomic mass is 10.3. The van der Waals surface area contributed by atoms with E-state index in [1.807, 2.05) is 12.1 Å². The highest BCUT2D eigenvalue weighted by Gasteiger charge is 1.91. The minimum Gasteiger partial charge on any atom is -0.245 e. The predicted molar refractivity (Wildman–Crippen MR) is 44.5 cm³/mol. The maximum Gasteiger partial charge on any atom is 0.106 e. The summed E-state index contributed by atoms with van der Waals surface area (Å²) >= 11 is 3.20. The van der Waals surface area contributed by atoms with Crippen molar-refractivity contribution < 1.29 is 4.39 Å². The Morgan fingerprint density at radius 3 is 3.00 bits per heavy atom. The van der Waals surface area contributed by atoms with Crippen LogP contribution < -0.4 is 0 Å². The van der Waals surface area contributed by atoms with Crippen LogP contribution >= 0.6 is 15.9 Å². The molecule has 1 heterocycles. The SMILES string of the molecule is FC#CCc1cccc(Br)n1. The van der Waals surface area contributed by atoms with Gasteiger partial charge in [-0.1, -0.05) is 12.0 Å². The van der Waals surface area contributed by atoms with Crippen LogP contribution in [-0.2, 0) is 6.42 Å². The van der Waals surface area contributed by atoms with Gasteiger partial charge < -0.3 is 0 Å². The molecule has 1 rings (SSSR count). The lowest BCUT2D eigenvalue weighted by Crippen LogP contribution is -1.86. The first-order valence-electron chi connectivity index (χ1n) is 3.03. The molecule has 0 unspecified atom stereocenters. The molecule has 1 nitrogen and oxygen atoms in total. The van der Waals surface area contributed by atoms with Gasteiger partial charge >= 0.3 is 0 Å². The Bertz CT molecular complexity index is 300. The van der Waals surface area contributed by atoms with Gasteiger partial charge in [0, 0.05) is 0 Å². The zero-order chi connectivity index (χ0) is 8.10. The van der Waals surface area contributed by atoms with Gasteiger partial charge in [-0.3, -0.25) is 0 Å². The van der Waals surface area contributed by atoms with Crippen molar-refractivity contribution in [3.05, 3.63) is 28.5 Å². The third-order valence-corrected chi connectivity index (χ3v) is 1.55. The second-order valence-corrected chi connectivity index (χ2v) is 2.71. The summed E-state index contributed by atoms with van der Waals surface area (Å²) in [6, 6.07) is 5.45. The van der Waals surface area contributed by atoms with Crippen LogP contribution in [0.1, 0.15) is 5.69 Å². The molecule has 0 saturated carbocycles. The number of hydrogen-bond acceptors (Lipinski definition) is 1. The molecule has 0 radical (unpaired) electrons. The van der Waals surface area contributed by atoms with Crippen molar-refractivity contribution in [2.75, 3.05) is 0 Å². The predicted octanol–water partition coefficient (Wildman–Crippen LogP) is 2.32. The minimum absolute atomic E-state index is 0.357. The maximum atomic E-state index is 11.4. The first kappa shape index (κ1) is 8.22. The Balaban J connectivity index is 2.76. The third-order valence-electron chi connectivity index (χ3n) is 1.11. The van der Waals surface area contributed by atoms with Gasteiger partial charge in [0.05, 0.1) is 12.1 Å². The number of aromatic nitrogens is 1. The van der Waals surface area contributed by atoms with Gasteiger partial charge in [0.25, 0.3) is 0 Å². The minimum atomic E-state index is 0.357. The molecule has 0 atom stereocenters. The van der Waals surface area contributed by atoms with E-state index in [0.717, 1.165) is 10.3 Å². The molecule has 0 saturated heterocycles. The van der Waals surface area contributed by atoms with E-state index in [2.05, 4.69) is 26.8 Å². The summed E-state index contributed by atoms with van der Waals surface area (Å²) in [4.78, 5) is 4.06. The molecule has 1 aromatic rings. The van der Waals surface area contributed by atoms with Gasteiger partial charge in [0.2, 0.25) is 0 Å². The number of nitrogens with zero attached hydrogens (tertiary/aromatic N) is 1. The molecule has 0 aromatic carbocycles. The molecule has 0 aliphatic rings. The highest BCUT2D eigenvalue weighted by atomic mass is 79.9. The van der Waals surface area contributed by atoms with Crippen molar-refractivity contribution in [2.24, 2.45) is 0 Å². The van der Waals surface area contributed by atoms with E-state index in [4.69, 9.17) is 0 Å². The summed E-state index contributed by atoms with van der Waals surface area (Å²) in [5.74, 6) is 2.29. The van der Waals surface area contributed by atoms with Gasteiger partial charge in [0.15, 0.2) is 0 Å². The monoisotopic (exact) mass is 213 g/mol.